The summed E-state index contributed by atoms with van der Waals surface area (Å²) >= 11 is 0. The lowest BCUT2D eigenvalue weighted by Crippen LogP contribution is -2.45. The van der Waals surface area contributed by atoms with Gasteiger partial charge in [0.25, 0.3) is 11.6 Å². The van der Waals surface area contributed by atoms with Crippen LogP contribution in [0.5, 0.6) is 5.75 Å². The molecule has 0 bridgehead atoms. The maximum atomic E-state index is 13.3. The molecule has 9 heteroatoms. The molecule has 0 radical (unpaired) electrons. The van der Waals surface area contributed by atoms with Crippen LogP contribution < -0.4 is 15.0 Å². The maximum absolute atomic E-state index is 13.3. The van der Waals surface area contributed by atoms with E-state index in [2.05, 4.69) is 5.32 Å². The van der Waals surface area contributed by atoms with Crippen LogP contribution in [0.15, 0.2) is 59.8 Å². The van der Waals surface area contributed by atoms with E-state index in [1.807, 2.05) is 6.92 Å². The van der Waals surface area contributed by atoms with Gasteiger partial charge in [0.1, 0.15) is 5.75 Å². The molecule has 0 unspecified atom stereocenters. The Morgan fingerprint density at radius 2 is 1.93 bits per heavy atom. The molecule has 30 heavy (non-hydrogen) atoms. The van der Waals surface area contributed by atoms with Crippen molar-refractivity contribution < 1.29 is 19.2 Å². The van der Waals surface area contributed by atoms with Gasteiger partial charge in [0.05, 0.1) is 35.4 Å². The standard InChI is InChI=1S/C21H20N4O5/c1-3-30-16-9-7-14(8-10-16)24-12-17-18(20(24)26)19(22-21(27)23(17)2)13-5-4-6-15(11-13)25(28)29/h4-11,19H,3,12H2,1-2H3,(H,22,27)/t19-/m0/s1. The number of hydrogen-bond acceptors (Lipinski definition) is 5. The van der Waals surface area contributed by atoms with E-state index >= 15 is 0 Å². The van der Waals surface area contributed by atoms with E-state index in [4.69, 9.17) is 4.74 Å². The molecule has 0 fully saturated rings. The molecule has 2 aromatic carbocycles. The molecule has 2 aliphatic rings. The molecular weight excluding hydrogens is 388 g/mol. The number of benzene rings is 2. The summed E-state index contributed by atoms with van der Waals surface area (Å²) in [4.78, 5) is 39.5. The second-order valence-corrected chi connectivity index (χ2v) is 6.97. The minimum Gasteiger partial charge on any atom is -0.494 e. The Hall–Kier alpha value is -3.88. The molecule has 0 saturated carbocycles. The van der Waals surface area contributed by atoms with Crippen molar-refractivity contribution >= 4 is 23.3 Å². The quantitative estimate of drug-likeness (QED) is 0.605. The smallest absolute Gasteiger partial charge is 0.322 e. The first-order valence-electron chi connectivity index (χ1n) is 9.47. The number of nitro groups is 1. The van der Waals surface area contributed by atoms with E-state index in [1.165, 1.54) is 17.0 Å². The molecule has 1 N–H and O–H groups in total. The van der Waals surface area contributed by atoms with Gasteiger partial charge in [-0.2, -0.15) is 0 Å². The minimum atomic E-state index is -0.760. The van der Waals surface area contributed by atoms with Gasteiger partial charge in [-0.25, -0.2) is 4.79 Å². The predicted molar refractivity (Wildman–Crippen MR) is 109 cm³/mol. The number of carbonyl (C=O) groups excluding carboxylic acids is 2. The van der Waals surface area contributed by atoms with Gasteiger partial charge in [-0.05, 0) is 36.8 Å². The summed E-state index contributed by atoms with van der Waals surface area (Å²) in [5.74, 6) is 0.451. The molecule has 154 valence electrons. The van der Waals surface area contributed by atoms with Crippen molar-refractivity contribution in [3.8, 4) is 5.75 Å². The summed E-state index contributed by atoms with van der Waals surface area (Å²) in [5.41, 5.74) is 2.05. The molecule has 0 aromatic heterocycles. The molecular formula is C21H20N4O5. The van der Waals surface area contributed by atoms with Gasteiger partial charge < -0.3 is 15.0 Å². The summed E-state index contributed by atoms with van der Waals surface area (Å²) in [6, 6.07) is 12.0. The highest BCUT2D eigenvalue weighted by Crippen LogP contribution is 2.38. The van der Waals surface area contributed by atoms with Crippen LogP contribution in [0.2, 0.25) is 0 Å². The van der Waals surface area contributed by atoms with Crippen molar-refractivity contribution in [2.24, 2.45) is 0 Å². The number of likely N-dealkylation sites (N-methyl/N-ethyl adjacent to an activating group) is 1. The predicted octanol–water partition coefficient (Wildman–Crippen LogP) is 2.99. The number of anilines is 1. The zero-order valence-corrected chi connectivity index (χ0v) is 16.5. The Morgan fingerprint density at radius 3 is 2.60 bits per heavy atom. The van der Waals surface area contributed by atoms with Gasteiger partial charge in [-0.1, -0.05) is 12.1 Å². The van der Waals surface area contributed by atoms with Crippen molar-refractivity contribution in [3.63, 3.8) is 0 Å². The van der Waals surface area contributed by atoms with Crippen molar-refractivity contribution in [3.05, 3.63) is 75.5 Å². The zero-order chi connectivity index (χ0) is 21.4. The molecule has 2 aliphatic heterocycles. The normalized spacial score (nSPS) is 18.4. The van der Waals surface area contributed by atoms with Crippen LogP contribution >= 0.6 is 0 Å². The number of rotatable bonds is 5. The summed E-state index contributed by atoms with van der Waals surface area (Å²) in [6.45, 7) is 2.67. The van der Waals surface area contributed by atoms with E-state index < -0.39 is 11.0 Å². The van der Waals surface area contributed by atoms with Crippen molar-refractivity contribution in [2.75, 3.05) is 25.1 Å². The molecule has 0 aliphatic carbocycles. The first-order chi connectivity index (χ1) is 14.4. The Balaban J connectivity index is 1.70. The number of carbonyl (C=O) groups is 2. The number of non-ortho nitro benzene ring substituents is 1. The second-order valence-electron chi connectivity index (χ2n) is 6.97. The SMILES string of the molecule is CCOc1ccc(N2CC3=C(C2=O)[C@H](c2cccc([N+](=O)[O-])c2)NC(=O)N3C)cc1. The summed E-state index contributed by atoms with van der Waals surface area (Å²) in [6.07, 6.45) is 0. The number of hydrogen-bond donors (Lipinski definition) is 1. The lowest BCUT2D eigenvalue weighted by atomic mass is 9.95. The van der Waals surface area contributed by atoms with E-state index in [0.717, 1.165) is 0 Å². The van der Waals surface area contributed by atoms with Crippen LogP contribution in [0.4, 0.5) is 16.2 Å². The number of urea groups is 1. The van der Waals surface area contributed by atoms with E-state index in [9.17, 15) is 19.7 Å². The summed E-state index contributed by atoms with van der Waals surface area (Å²) in [7, 11) is 1.60. The number of nitro benzene ring substituents is 1. The Kier molecular flexibility index (Phi) is 4.86. The number of nitrogens with zero attached hydrogens (tertiary/aromatic N) is 3. The highest BCUT2D eigenvalue weighted by molar-refractivity contribution is 6.11. The third-order valence-electron chi connectivity index (χ3n) is 5.23. The summed E-state index contributed by atoms with van der Waals surface area (Å²) < 4.78 is 5.45. The lowest BCUT2D eigenvalue weighted by Gasteiger charge is -2.30. The van der Waals surface area contributed by atoms with Gasteiger partial charge in [0, 0.05) is 24.9 Å². The Labute approximate surface area is 172 Å². The monoisotopic (exact) mass is 408 g/mol. The number of ether oxygens (including phenoxy) is 1. The van der Waals surface area contributed by atoms with Crippen molar-refractivity contribution in [2.45, 2.75) is 13.0 Å². The van der Waals surface area contributed by atoms with Crippen molar-refractivity contribution in [1.29, 1.82) is 0 Å². The van der Waals surface area contributed by atoms with E-state index in [0.29, 0.717) is 34.9 Å². The zero-order valence-electron chi connectivity index (χ0n) is 16.5. The topological polar surface area (TPSA) is 105 Å². The van der Waals surface area contributed by atoms with Crippen LogP contribution in [0.1, 0.15) is 18.5 Å². The minimum absolute atomic E-state index is 0.100. The molecule has 4 rings (SSSR count). The molecule has 0 saturated heterocycles. The van der Waals surface area contributed by atoms with Gasteiger partial charge >= 0.3 is 6.03 Å². The molecule has 1 atom stereocenters. The average Bonchev–Trinajstić information content (AvgIpc) is 3.09. The first-order valence-corrected chi connectivity index (χ1v) is 9.47. The van der Waals surface area contributed by atoms with Crippen molar-refractivity contribution in [1.82, 2.24) is 10.2 Å². The molecule has 3 amide bonds. The highest BCUT2D eigenvalue weighted by atomic mass is 16.6. The van der Waals surface area contributed by atoms with Gasteiger partial charge in [0.2, 0.25) is 0 Å². The Morgan fingerprint density at radius 1 is 1.20 bits per heavy atom. The van der Waals surface area contributed by atoms with Crippen LogP contribution in [0.3, 0.4) is 0 Å². The fourth-order valence-corrected chi connectivity index (χ4v) is 3.73. The number of nitrogens with one attached hydrogen (secondary N) is 1. The van der Waals surface area contributed by atoms with Gasteiger partial charge in [-0.15, -0.1) is 0 Å². The average molecular weight is 408 g/mol. The van der Waals surface area contributed by atoms with Crippen LogP contribution in [0.25, 0.3) is 0 Å². The van der Waals surface area contributed by atoms with Crippen LogP contribution in [-0.2, 0) is 4.79 Å². The molecule has 2 heterocycles. The third-order valence-corrected chi connectivity index (χ3v) is 5.23. The fourth-order valence-electron chi connectivity index (χ4n) is 3.73. The summed E-state index contributed by atoms with van der Waals surface area (Å²) in [5, 5.41) is 14.0. The van der Waals surface area contributed by atoms with Crippen LogP contribution in [-0.4, -0.2) is 42.0 Å². The maximum Gasteiger partial charge on any atom is 0.322 e. The molecule has 0 spiro atoms. The molecule has 2 aromatic rings. The molecule has 9 nitrogen and oxygen atoms in total. The fraction of sp³-hybridized carbons (Fsp3) is 0.238. The number of amides is 3. The third kappa shape index (κ3) is 3.24. The first kappa shape index (κ1) is 19.4. The lowest BCUT2D eigenvalue weighted by molar-refractivity contribution is -0.384. The van der Waals surface area contributed by atoms with Gasteiger partial charge in [-0.3, -0.25) is 19.8 Å². The van der Waals surface area contributed by atoms with E-state index in [-0.39, 0.29) is 24.2 Å². The van der Waals surface area contributed by atoms with E-state index in [1.54, 1.807) is 48.3 Å². The largest absolute Gasteiger partial charge is 0.494 e. The Bertz CT molecular complexity index is 1060. The van der Waals surface area contributed by atoms with Crippen LogP contribution in [0, 0.1) is 10.1 Å². The van der Waals surface area contributed by atoms with Gasteiger partial charge in [0.15, 0.2) is 0 Å². The second kappa shape index (κ2) is 7.51. The highest BCUT2D eigenvalue weighted by Gasteiger charge is 2.43.